The quantitative estimate of drug-likeness (QED) is 0.862. The third-order valence-corrected chi connectivity index (χ3v) is 3.84. The summed E-state index contributed by atoms with van der Waals surface area (Å²) in [5.74, 6) is 0. The van der Waals surface area contributed by atoms with Crippen LogP contribution in [0.2, 0.25) is 0 Å². The molecule has 1 aliphatic rings. The highest BCUT2D eigenvalue weighted by Crippen LogP contribution is 2.32. The Morgan fingerprint density at radius 1 is 1.35 bits per heavy atom. The van der Waals surface area contributed by atoms with Gasteiger partial charge < -0.3 is 15.0 Å². The lowest BCUT2D eigenvalue weighted by atomic mass is 10.0. The molecule has 1 atom stereocenters. The van der Waals surface area contributed by atoms with Crippen molar-refractivity contribution in [3.8, 4) is 0 Å². The minimum absolute atomic E-state index is 0.312. The van der Waals surface area contributed by atoms with E-state index in [1.807, 2.05) is 0 Å². The molecule has 0 aliphatic carbocycles. The summed E-state index contributed by atoms with van der Waals surface area (Å²) >= 11 is 0. The van der Waals surface area contributed by atoms with Crippen LogP contribution in [0.25, 0.3) is 0 Å². The molecule has 1 aromatic rings. The largest absolute Gasteiger partial charge is 0.377 e. The van der Waals surface area contributed by atoms with E-state index in [2.05, 4.69) is 55.3 Å². The van der Waals surface area contributed by atoms with Crippen molar-refractivity contribution in [2.24, 2.45) is 0 Å². The Morgan fingerprint density at radius 2 is 2.15 bits per heavy atom. The molecule has 0 saturated heterocycles. The highest BCUT2D eigenvalue weighted by Gasteiger charge is 2.21. The standard InChI is InChI=1S/C17H28N2O/c1-4-18-16-9-7-11-19(12-13-20-14(2)3)17-10-6-5-8-15(16)17/h5-6,8,10,14,16,18H,4,7,9,11-13H2,1-3H3. The summed E-state index contributed by atoms with van der Waals surface area (Å²) < 4.78 is 5.72. The molecule has 112 valence electrons. The van der Waals surface area contributed by atoms with Crippen molar-refractivity contribution in [2.45, 2.75) is 45.8 Å². The summed E-state index contributed by atoms with van der Waals surface area (Å²) in [6, 6.07) is 9.30. The average molecular weight is 276 g/mol. The van der Waals surface area contributed by atoms with Crippen LogP contribution in [-0.2, 0) is 4.74 Å². The zero-order valence-electron chi connectivity index (χ0n) is 13.1. The van der Waals surface area contributed by atoms with E-state index in [1.165, 1.54) is 24.1 Å². The van der Waals surface area contributed by atoms with Gasteiger partial charge in [0.1, 0.15) is 0 Å². The van der Waals surface area contributed by atoms with Gasteiger partial charge in [0.2, 0.25) is 0 Å². The van der Waals surface area contributed by atoms with E-state index in [9.17, 15) is 0 Å². The van der Waals surface area contributed by atoms with Crippen molar-refractivity contribution in [1.82, 2.24) is 5.32 Å². The van der Waals surface area contributed by atoms with E-state index >= 15 is 0 Å². The van der Waals surface area contributed by atoms with Crippen molar-refractivity contribution in [3.05, 3.63) is 29.8 Å². The zero-order chi connectivity index (χ0) is 14.4. The summed E-state index contributed by atoms with van der Waals surface area (Å²) in [7, 11) is 0. The second-order valence-electron chi connectivity index (χ2n) is 5.72. The molecule has 1 heterocycles. The number of nitrogens with one attached hydrogen (secondary N) is 1. The van der Waals surface area contributed by atoms with E-state index in [0.717, 1.165) is 26.2 Å². The first-order valence-corrected chi connectivity index (χ1v) is 7.91. The fraction of sp³-hybridized carbons (Fsp3) is 0.647. The molecule has 1 N–H and O–H groups in total. The number of para-hydroxylation sites is 1. The summed E-state index contributed by atoms with van der Waals surface area (Å²) in [5, 5.41) is 3.62. The number of fused-ring (bicyclic) bond motifs is 1. The fourth-order valence-corrected chi connectivity index (χ4v) is 2.92. The molecule has 20 heavy (non-hydrogen) atoms. The molecule has 0 amide bonds. The van der Waals surface area contributed by atoms with E-state index in [1.54, 1.807) is 0 Å². The van der Waals surface area contributed by atoms with Gasteiger partial charge in [0.15, 0.2) is 0 Å². The van der Waals surface area contributed by atoms with E-state index < -0.39 is 0 Å². The lowest BCUT2D eigenvalue weighted by Crippen LogP contribution is -2.29. The Morgan fingerprint density at radius 3 is 2.90 bits per heavy atom. The third-order valence-electron chi connectivity index (χ3n) is 3.84. The highest BCUT2D eigenvalue weighted by atomic mass is 16.5. The minimum atomic E-state index is 0.312. The number of rotatable bonds is 6. The van der Waals surface area contributed by atoms with Crippen molar-refractivity contribution in [1.29, 1.82) is 0 Å². The van der Waals surface area contributed by atoms with Crippen molar-refractivity contribution >= 4 is 5.69 Å². The maximum atomic E-state index is 5.72. The van der Waals surface area contributed by atoms with E-state index in [0.29, 0.717) is 12.1 Å². The van der Waals surface area contributed by atoms with Gasteiger partial charge in [-0.1, -0.05) is 25.1 Å². The molecule has 1 aliphatic heterocycles. The van der Waals surface area contributed by atoms with Crippen LogP contribution in [-0.4, -0.2) is 32.3 Å². The Kier molecular flexibility index (Phi) is 5.86. The second-order valence-corrected chi connectivity index (χ2v) is 5.72. The topological polar surface area (TPSA) is 24.5 Å². The van der Waals surface area contributed by atoms with Crippen molar-refractivity contribution < 1.29 is 4.74 Å². The summed E-state index contributed by atoms with van der Waals surface area (Å²) in [6.45, 7) is 10.3. The summed E-state index contributed by atoms with van der Waals surface area (Å²) in [4.78, 5) is 2.48. The molecule has 0 bridgehead atoms. The highest BCUT2D eigenvalue weighted by molar-refractivity contribution is 5.55. The maximum absolute atomic E-state index is 5.72. The Hall–Kier alpha value is -1.06. The molecule has 0 radical (unpaired) electrons. The molecule has 0 spiro atoms. The maximum Gasteiger partial charge on any atom is 0.0645 e. The number of hydrogen-bond donors (Lipinski definition) is 1. The monoisotopic (exact) mass is 276 g/mol. The summed E-state index contributed by atoms with van der Waals surface area (Å²) in [6.07, 6.45) is 2.76. The molecule has 1 unspecified atom stereocenters. The lowest BCUT2D eigenvalue weighted by Gasteiger charge is -2.26. The smallest absolute Gasteiger partial charge is 0.0645 e. The number of anilines is 1. The molecule has 3 nitrogen and oxygen atoms in total. The predicted molar refractivity (Wildman–Crippen MR) is 85.4 cm³/mol. The Balaban J connectivity index is 2.11. The van der Waals surface area contributed by atoms with Gasteiger partial charge in [0.25, 0.3) is 0 Å². The Labute approximate surface area is 123 Å². The molecule has 0 aromatic heterocycles. The fourth-order valence-electron chi connectivity index (χ4n) is 2.92. The van der Waals surface area contributed by atoms with Gasteiger partial charge in [0.05, 0.1) is 12.7 Å². The van der Waals surface area contributed by atoms with Crippen molar-refractivity contribution in [2.75, 3.05) is 31.1 Å². The van der Waals surface area contributed by atoms with Crippen LogP contribution in [0.5, 0.6) is 0 Å². The van der Waals surface area contributed by atoms with Gasteiger partial charge in [-0.05, 0) is 44.9 Å². The average Bonchev–Trinajstić information content (AvgIpc) is 2.60. The number of benzene rings is 1. The molecule has 3 heteroatoms. The van der Waals surface area contributed by atoms with Gasteiger partial charge in [0, 0.05) is 24.8 Å². The molecule has 0 saturated carbocycles. The zero-order valence-corrected chi connectivity index (χ0v) is 13.1. The van der Waals surface area contributed by atoms with E-state index in [-0.39, 0.29) is 0 Å². The molecule has 2 rings (SSSR count). The number of hydrogen-bond acceptors (Lipinski definition) is 3. The molecular formula is C17H28N2O. The molecule has 0 fully saturated rings. The molecular weight excluding hydrogens is 248 g/mol. The van der Waals surface area contributed by atoms with Crippen molar-refractivity contribution in [3.63, 3.8) is 0 Å². The molecule has 1 aromatic carbocycles. The van der Waals surface area contributed by atoms with E-state index in [4.69, 9.17) is 4.74 Å². The lowest BCUT2D eigenvalue weighted by molar-refractivity contribution is 0.0840. The van der Waals surface area contributed by atoms with Crippen LogP contribution in [0.1, 0.15) is 45.2 Å². The van der Waals surface area contributed by atoms with Crippen LogP contribution in [0.4, 0.5) is 5.69 Å². The minimum Gasteiger partial charge on any atom is -0.377 e. The Bertz CT molecular complexity index is 406. The SMILES string of the molecule is CCNC1CCCN(CCOC(C)C)c2ccccc21. The second kappa shape index (κ2) is 7.65. The first-order chi connectivity index (χ1) is 9.72. The number of ether oxygens (including phenoxy) is 1. The van der Waals surface area contributed by atoms with Crippen LogP contribution in [0.3, 0.4) is 0 Å². The number of nitrogens with zero attached hydrogens (tertiary/aromatic N) is 1. The van der Waals surface area contributed by atoms with Crippen LogP contribution in [0.15, 0.2) is 24.3 Å². The van der Waals surface area contributed by atoms with Gasteiger partial charge in [-0.15, -0.1) is 0 Å². The van der Waals surface area contributed by atoms with Gasteiger partial charge in [-0.2, -0.15) is 0 Å². The predicted octanol–water partition coefficient (Wildman–Crippen LogP) is 3.36. The van der Waals surface area contributed by atoms with Crippen LogP contribution in [0, 0.1) is 0 Å². The normalized spacial score (nSPS) is 19.0. The first-order valence-electron chi connectivity index (χ1n) is 7.91. The van der Waals surface area contributed by atoms with Gasteiger partial charge >= 0.3 is 0 Å². The van der Waals surface area contributed by atoms with Gasteiger partial charge in [-0.25, -0.2) is 0 Å². The van der Waals surface area contributed by atoms with Gasteiger partial charge in [-0.3, -0.25) is 0 Å². The third kappa shape index (κ3) is 3.97. The van der Waals surface area contributed by atoms with Crippen LogP contribution >= 0.6 is 0 Å². The summed E-state index contributed by atoms with van der Waals surface area (Å²) in [5.41, 5.74) is 2.82. The first kappa shape index (κ1) is 15.3. The van der Waals surface area contributed by atoms with Crippen LogP contribution < -0.4 is 10.2 Å².